The van der Waals surface area contributed by atoms with Crippen LogP contribution in [0.25, 0.3) is 0 Å². The van der Waals surface area contributed by atoms with Crippen LogP contribution in [0.5, 0.6) is 0 Å². The first-order chi connectivity index (χ1) is 15.1. The van der Waals surface area contributed by atoms with E-state index in [0.29, 0.717) is 30.6 Å². The molecule has 9 heteroatoms. The van der Waals surface area contributed by atoms with Crippen LogP contribution in [-0.2, 0) is 16.1 Å². The number of nitrogens with zero attached hydrogens (tertiary/aromatic N) is 2. The summed E-state index contributed by atoms with van der Waals surface area (Å²) < 4.78 is 45.3. The van der Waals surface area contributed by atoms with E-state index in [1.165, 1.54) is 15.3 Å². The summed E-state index contributed by atoms with van der Waals surface area (Å²) in [6.07, 6.45) is 8.67. The Morgan fingerprint density at radius 1 is 1.28 bits per heavy atom. The summed E-state index contributed by atoms with van der Waals surface area (Å²) in [6, 6.07) is 5.14. The molecule has 1 aliphatic carbocycles. The zero-order chi connectivity index (χ0) is 23.7. The van der Waals surface area contributed by atoms with Gasteiger partial charge in [0.2, 0.25) is 6.41 Å². The Hall–Kier alpha value is -2.47. The second-order valence-corrected chi connectivity index (χ2v) is 8.52. The van der Waals surface area contributed by atoms with Crippen LogP contribution in [0, 0.1) is 5.82 Å². The van der Waals surface area contributed by atoms with Gasteiger partial charge in [0.1, 0.15) is 11.6 Å². The maximum atomic E-state index is 14.5. The van der Waals surface area contributed by atoms with Gasteiger partial charge in [0.05, 0.1) is 5.69 Å². The number of halogens is 3. The SMILES string of the molecule is CC(C)N(CCCN(C)c1ccc(CNC=O)cc1F)C1=CC=C(OC(F)(F)P)C=CC1. The van der Waals surface area contributed by atoms with E-state index < -0.39 is 5.85 Å². The lowest BCUT2D eigenvalue weighted by Crippen LogP contribution is -2.33. The first-order valence-corrected chi connectivity index (χ1v) is 11.0. The smallest absolute Gasteiger partial charge is 0.408 e. The van der Waals surface area contributed by atoms with Crippen molar-refractivity contribution in [2.75, 3.05) is 25.0 Å². The summed E-state index contributed by atoms with van der Waals surface area (Å²) in [5.41, 5.74) is 2.19. The average molecular weight is 469 g/mol. The van der Waals surface area contributed by atoms with E-state index in [4.69, 9.17) is 0 Å². The summed E-state index contributed by atoms with van der Waals surface area (Å²) in [5, 5.41) is 2.52. The first kappa shape index (κ1) is 25.8. The molecule has 0 aromatic heterocycles. The van der Waals surface area contributed by atoms with Crippen molar-refractivity contribution >= 4 is 21.3 Å². The van der Waals surface area contributed by atoms with Gasteiger partial charge in [-0.3, -0.25) is 4.79 Å². The van der Waals surface area contributed by atoms with E-state index in [1.807, 2.05) is 11.9 Å². The largest absolute Gasteiger partial charge is 0.430 e. The summed E-state index contributed by atoms with van der Waals surface area (Å²) in [7, 11) is 3.21. The molecular formula is C23H31F3N3O2P. The van der Waals surface area contributed by atoms with Gasteiger partial charge in [0.25, 0.3) is 0 Å². The molecule has 0 heterocycles. The minimum absolute atomic E-state index is 0.103. The zero-order valence-corrected chi connectivity index (χ0v) is 19.8. The number of allylic oxidation sites excluding steroid dienone is 4. The highest BCUT2D eigenvalue weighted by Crippen LogP contribution is 2.29. The third kappa shape index (κ3) is 8.23. The van der Waals surface area contributed by atoms with E-state index in [-0.39, 0.29) is 24.2 Å². The van der Waals surface area contributed by atoms with Gasteiger partial charge in [-0.2, -0.15) is 8.78 Å². The van der Waals surface area contributed by atoms with Gasteiger partial charge in [-0.1, -0.05) is 12.1 Å². The van der Waals surface area contributed by atoms with Crippen molar-refractivity contribution in [1.29, 1.82) is 0 Å². The van der Waals surface area contributed by atoms with Crippen molar-refractivity contribution in [2.45, 2.75) is 45.1 Å². The number of hydrogen-bond donors (Lipinski definition) is 1. The average Bonchev–Trinajstić information content (AvgIpc) is 2.93. The number of anilines is 1. The molecule has 1 aliphatic rings. The highest BCUT2D eigenvalue weighted by molar-refractivity contribution is 7.17. The third-order valence-corrected chi connectivity index (χ3v) is 5.12. The minimum Gasteiger partial charge on any atom is -0.430 e. The molecule has 0 fully saturated rings. The van der Waals surface area contributed by atoms with Crippen molar-refractivity contribution in [3.8, 4) is 0 Å². The predicted octanol–water partition coefficient (Wildman–Crippen LogP) is 4.78. The predicted molar refractivity (Wildman–Crippen MR) is 125 cm³/mol. The lowest BCUT2D eigenvalue weighted by Gasteiger charge is -2.32. The number of rotatable bonds is 12. The molecule has 0 aliphatic heterocycles. The molecule has 1 amide bonds. The summed E-state index contributed by atoms with van der Waals surface area (Å²) in [6.45, 7) is 5.80. The van der Waals surface area contributed by atoms with Crippen molar-refractivity contribution in [3.05, 3.63) is 65.3 Å². The van der Waals surface area contributed by atoms with Gasteiger partial charge < -0.3 is 19.9 Å². The fraction of sp³-hybridized carbons (Fsp3) is 0.435. The topological polar surface area (TPSA) is 44.8 Å². The number of amides is 1. The maximum Gasteiger partial charge on any atom is 0.408 e. The van der Waals surface area contributed by atoms with Crippen LogP contribution in [0.2, 0.25) is 0 Å². The molecule has 176 valence electrons. The molecule has 32 heavy (non-hydrogen) atoms. The van der Waals surface area contributed by atoms with Gasteiger partial charge in [-0.15, -0.1) is 0 Å². The van der Waals surface area contributed by atoms with Crippen LogP contribution in [-0.4, -0.2) is 43.3 Å². The molecule has 0 radical (unpaired) electrons. The molecule has 0 saturated heterocycles. The number of carbonyl (C=O) groups is 1. The van der Waals surface area contributed by atoms with E-state index >= 15 is 0 Å². The number of hydrogen-bond acceptors (Lipinski definition) is 4. The Kier molecular flexibility index (Phi) is 9.63. The lowest BCUT2D eigenvalue weighted by molar-refractivity contribution is -0.129. The second kappa shape index (κ2) is 12.0. The van der Waals surface area contributed by atoms with Crippen LogP contribution in [0.3, 0.4) is 0 Å². The molecular weight excluding hydrogens is 438 g/mol. The van der Waals surface area contributed by atoms with Crippen molar-refractivity contribution < 1.29 is 22.7 Å². The summed E-state index contributed by atoms with van der Waals surface area (Å²) >= 11 is 0. The standard InChI is InChI=1S/C23H31F3N3O2P/c1-17(2)29(19-6-4-7-20(10-9-19)31-23(25,26)32)13-5-12-28(3)22-11-8-18(14-21(22)24)15-27-16-30/h4,7-11,14,16-17H,5-6,12-13,15,32H2,1-3H3,(H,27,30). The van der Waals surface area contributed by atoms with Crippen molar-refractivity contribution in [3.63, 3.8) is 0 Å². The highest BCUT2D eigenvalue weighted by atomic mass is 31.0. The Bertz CT molecular complexity index is 867. The van der Waals surface area contributed by atoms with E-state index in [1.54, 1.807) is 36.4 Å². The van der Waals surface area contributed by atoms with Crippen LogP contribution < -0.4 is 10.2 Å². The maximum absolute atomic E-state index is 14.5. The number of benzene rings is 1. The van der Waals surface area contributed by atoms with Crippen molar-refractivity contribution in [1.82, 2.24) is 10.2 Å². The number of carbonyl (C=O) groups excluding carboxylic acids is 1. The Morgan fingerprint density at radius 3 is 2.66 bits per heavy atom. The number of ether oxygens (including phenoxy) is 1. The molecule has 1 aromatic carbocycles. The monoisotopic (exact) mass is 469 g/mol. The quantitative estimate of drug-likeness (QED) is 0.354. The molecule has 5 nitrogen and oxygen atoms in total. The van der Waals surface area contributed by atoms with E-state index in [9.17, 15) is 18.0 Å². The Balaban J connectivity index is 1.98. The van der Waals surface area contributed by atoms with Crippen LogP contribution in [0.4, 0.5) is 18.9 Å². The summed E-state index contributed by atoms with van der Waals surface area (Å²) in [5.74, 6) is -3.54. The molecule has 1 N–H and O–H groups in total. The van der Waals surface area contributed by atoms with Crippen LogP contribution >= 0.6 is 9.24 Å². The van der Waals surface area contributed by atoms with Crippen LogP contribution in [0.15, 0.2) is 54.0 Å². The number of nitrogens with one attached hydrogen (secondary N) is 1. The van der Waals surface area contributed by atoms with Gasteiger partial charge in [-0.25, -0.2) is 4.39 Å². The van der Waals surface area contributed by atoms with Gasteiger partial charge >= 0.3 is 5.85 Å². The number of alkyl halides is 2. The fourth-order valence-electron chi connectivity index (χ4n) is 3.50. The van der Waals surface area contributed by atoms with Gasteiger partial charge in [0, 0.05) is 44.8 Å². The third-order valence-electron chi connectivity index (χ3n) is 5.00. The molecule has 0 bridgehead atoms. The molecule has 0 spiro atoms. The van der Waals surface area contributed by atoms with Crippen molar-refractivity contribution in [2.24, 2.45) is 0 Å². The molecule has 1 atom stereocenters. The van der Waals surface area contributed by atoms with E-state index in [2.05, 4.69) is 28.8 Å². The Labute approximate surface area is 190 Å². The normalized spacial score (nSPS) is 13.9. The Morgan fingerprint density at radius 2 is 2.03 bits per heavy atom. The van der Waals surface area contributed by atoms with Crippen LogP contribution in [0.1, 0.15) is 32.3 Å². The molecule has 0 saturated carbocycles. The minimum atomic E-state index is -3.31. The fourth-order valence-corrected chi connectivity index (χ4v) is 3.63. The molecule has 1 aromatic rings. The van der Waals surface area contributed by atoms with E-state index in [0.717, 1.165) is 18.7 Å². The first-order valence-electron chi connectivity index (χ1n) is 10.5. The van der Waals surface area contributed by atoms with Gasteiger partial charge in [-0.05, 0) is 65.4 Å². The second-order valence-electron chi connectivity index (χ2n) is 7.84. The zero-order valence-electron chi connectivity index (χ0n) is 18.7. The highest BCUT2D eigenvalue weighted by Gasteiger charge is 2.24. The molecule has 2 rings (SSSR count). The lowest BCUT2D eigenvalue weighted by atomic mass is 10.1. The summed E-state index contributed by atoms with van der Waals surface area (Å²) in [4.78, 5) is 14.5. The molecule has 1 unspecified atom stereocenters. The van der Waals surface area contributed by atoms with Gasteiger partial charge in [0.15, 0.2) is 0 Å².